The Hall–Kier alpha value is -2.63. The van der Waals surface area contributed by atoms with Crippen LogP contribution in [0.25, 0.3) is 22.4 Å². The molecule has 0 unspecified atom stereocenters. The first-order chi connectivity index (χ1) is 12.1. The second-order valence-electron chi connectivity index (χ2n) is 5.71. The van der Waals surface area contributed by atoms with Crippen molar-refractivity contribution >= 4 is 45.6 Å². The first-order valence-electron chi connectivity index (χ1n) is 7.71. The summed E-state index contributed by atoms with van der Waals surface area (Å²) in [6.45, 7) is 1.97. The molecule has 0 aliphatic rings. The Labute approximate surface area is 153 Å². The van der Waals surface area contributed by atoms with Gasteiger partial charge in [-0.15, -0.1) is 11.3 Å². The molecule has 0 saturated heterocycles. The minimum absolute atomic E-state index is 0.100. The number of nitrogens with one attached hydrogen (secondary N) is 2. The van der Waals surface area contributed by atoms with Crippen LogP contribution in [0.4, 0.5) is 5.69 Å². The van der Waals surface area contributed by atoms with Gasteiger partial charge in [0.15, 0.2) is 0 Å². The third-order valence-corrected chi connectivity index (χ3v) is 5.20. The van der Waals surface area contributed by atoms with Crippen LogP contribution in [0.2, 0.25) is 5.02 Å². The number of aryl methyl sites for hydroxylation is 1. The first kappa shape index (κ1) is 15.9. The van der Waals surface area contributed by atoms with Gasteiger partial charge in [-0.05, 0) is 60.3 Å². The highest BCUT2D eigenvalue weighted by Crippen LogP contribution is 2.26. The van der Waals surface area contributed by atoms with E-state index in [2.05, 4.69) is 15.3 Å². The fourth-order valence-corrected chi connectivity index (χ4v) is 3.37. The highest BCUT2D eigenvalue weighted by Gasteiger charge is 2.09. The zero-order valence-electron chi connectivity index (χ0n) is 13.3. The molecule has 0 fully saturated rings. The summed E-state index contributed by atoms with van der Waals surface area (Å²) in [5.74, 6) is 0.671. The number of carbonyl (C=O) groups is 1. The molecule has 0 aliphatic carbocycles. The highest BCUT2D eigenvalue weighted by molar-refractivity contribution is 7.12. The largest absolute Gasteiger partial charge is 0.338 e. The minimum atomic E-state index is -0.100. The van der Waals surface area contributed by atoms with Crippen molar-refractivity contribution in [1.29, 1.82) is 0 Å². The fraction of sp³-hybridized carbons (Fsp3) is 0.0526. The number of thiophene rings is 1. The molecule has 4 aromatic rings. The SMILES string of the molecule is Cc1cc2[nH]c(-c3ccc(NC(=O)c4cccs4)cc3)nc2cc1Cl. The molecule has 0 radical (unpaired) electrons. The Bertz CT molecular complexity index is 1010. The zero-order valence-corrected chi connectivity index (χ0v) is 14.9. The van der Waals surface area contributed by atoms with E-state index in [-0.39, 0.29) is 5.91 Å². The molecule has 1 amide bonds. The molecule has 0 aliphatic heterocycles. The Kier molecular flexibility index (Phi) is 4.03. The predicted molar refractivity (Wildman–Crippen MR) is 104 cm³/mol. The number of rotatable bonds is 3. The number of amides is 1. The third-order valence-electron chi connectivity index (χ3n) is 3.92. The van der Waals surface area contributed by atoms with Crippen LogP contribution in [-0.4, -0.2) is 15.9 Å². The summed E-state index contributed by atoms with van der Waals surface area (Å²) in [7, 11) is 0. The minimum Gasteiger partial charge on any atom is -0.338 e. The van der Waals surface area contributed by atoms with Gasteiger partial charge in [0.25, 0.3) is 5.91 Å². The van der Waals surface area contributed by atoms with Gasteiger partial charge in [-0.1, -0.05) is 17.7 Å². The number of fused-ring (bicyclic) bond motifs is 1. The van der Waals surface area contributed by atoms with Crippen LogP contribution in [0.5, 0.6) is 0 Å². The van der Waals surface area contributed by atoms with Gasteiger partial charge in [0.1, 0.15) is 5.82 Å². The lowest BCUT2D eigenvalue weighted by molar-refractivity contribution is 0.103. The van der Waals surface area contributed by atoms with Crippen molar-refractivity contribution < 1.29 is 4.79 Å². The van der Waals surface area contributed by atoms with Gasteiger partial charge in [-0.2, -0.15) is 0 Å². The van der Waals surface area contributed by atoms with Crippen LogP contribution in [0.3, 0.4) is 0 Å². The summed E-state index contributed by atoms with van der Waals surface area (Å²) in [6, 6.07) is 15.1. The summed E-state index contributed by atoms with van der Waals surface area (Å²) in [4.78, 5) is 20.7. The molecule has 124 valence electrons. The molecular weight excluding hydrogens is 354 g/mol. The Morgan fingerprint density at radius 3 is 2.72 bits per heavy atom. The number of anilines is 1. The van der Waals surface area contributed by atoms with E-state index in [9.17, 15) is 4.79 Å². The van der Waals surface area contributed by atoms with E-state index in [4.69, 9.17) is 11.6 Å². The number of aromatic amines is 1. The van der Waals surface area contributed by atoms with Gasteiger partial charge in [0.05, 0.1) is 15.9 Å². The molecule has 2 heterocycles. The van der Waals surface area contributed by atoms with E-state index >= 15 is 0 Å². The monoisotopic (exact) mass is 367 g/mol. The molecule has 25 heavy (non-hydrogen) atoms. The number of imidazole rings is 1. The Morgan fingerprint density at radius 1 is 1.20 bits per heavy atom. The van der Waals surface area contributed by atoms with Gasteiger partial charge >= 0.3 is 0 Å². The molecule has 0 spiro atoms. The maximum atomic E-state index is 12.1. The average Bonchev–Trinajstić information content (AvgIpc) is 3.26. The summed E-state index contributed by atoms with van der Waals surface area (Å²) in [6.07, 6.45) is 0. The number of H-pyrrole nitrogens is 1. The molecule has 2 aromatic heterocycles. The van der Waals surface area contributed by atoms with Crippen molar-refractivity contribution in [2.24, 2.45) is 0 Å². The van der Waals surface area contributed by atoms with Crippen LogP contribution in [-0.2, 0) is 0 Å². The summed E-state index contributed by atoms with van der Waals surface area (Å²) in [5.41, 5.74) is 4.49. The van der Waals surface area contributed by atoms with Crippen LogP contribution >= 0.6 is 22.9 Å². The zero-order chi connectivity index (χ0) is 17.4. The topological polar surface area (TPSA) is 57.8 Å². The lowest BCUT2D eigenvalue weighted by Gasteiger charge is -2.04. The second-order valence-corrected chi connectivity index (χ2v) is 7.07. The van der Waals surface area contributed by atoms with Crippen molar-refractivity contribution in [3.05, 3.63) is 69.4 Å². The predicted octanol–water partition coefficient (Wildman–Crippen LogP) is 5.51. The van der Waals surface area contributed by atoms with Crippen LogP contribution in [0, 0.1) is 6.92 Å². The molecule has 4 nitrogen and oxygen atoms in total. The standard InChI is InChI=1S/C19H14ClN3OS/c1-11-9-15-16(10-14(11)20)23-18(22-15)12-4-6-13(7-5-12)21-19(24)17-3-2-8-25-17/h2-10H,1H3,(H,21,24)(H,22,23). The van der Waals surface area contributed by atoms with Crippen molar-refractivity contribution in [1.82, 2.24) is 9.97 Å². The Balaban J connectivity index is 1.58. The molecule has 0 saturated carbocycles. The second kappa shape index (κ2) is 6.35. The molecule has 2 N–H and O–H groups in total. The van der Waals surface area contributed by atoms with Crippen molar-refractivity contribution in [3.8, 4) is 11.4 Å². The molecule has 6 heteroatoms. The molecule has 0 atom stereocenters. The van der Waals surface area contributed by atoms with E-state index in [0.717, 1.165) is 33.7 Å². The first-order valence-corrected chi connectivity index (χ1v) is 8.97. The van der Waals surface area contributed by atoms with Crippen molar-refractivity contribution in [2.45, 2.75) is 6.92 Å². The van der Waals surface area contributed by atoms with Crippen LogP contribution < -0.4 is 5.32 Å². The van der Waals surface area contributed by atoms with Crippen molar-refractivity contribution in [2.75, 3.05) is 5.32 Å². The van der Waals surface area contributed by atoms with Gasteiger partial charge < -0.3 is 10.3 Å². The van der Waals surface area contributed by atoms with Crippen LogP contribution in [0.1, 0.15) is 15.2 Å². The average molecular weight is 368 g/mol. The van der Waals surface area contributed by atoms with Gasteiger partial charge in [0.2, 0.25) is 0 Å². The maximum Gasteiger partial charge on any atom is 0.265 e. The summed E-state index contributed by atoms with van der Waals surface area (Å²) in [5, 5.41) is 5.48. The van der Waals surface area contributed by atoms with E-state index in [1.807, 2.05) is 54.8 Å². The highest BCUT2D eigenvalue weighted by atomic mass is 35.5. The van der Waals surface area contributed by atoms with Gasteiger partial charge in [-0.25, -0.2) is 4.98 Å². The normalized spacial score (nSPS) is 11.0. The number of hydrogen-bond acceptors (Lipinski definition) is 3. The number of nitrogens with zero attached hydrogens (tertiary/aromatic N) is 1. The van der Waals surface area contributed by atoms with Crippen LogP contribution in [0.15, 0.2) is 53.9 Å². The van der Waals surface area contributed by atoms with E-state index in [1.165, 1.54) is 11.3 Å². The van der Waals surface area contributed by atoms with Crippen molar-refractivity contribution in [3.63, 3.8) is 0 Å². The lowest BCUT2D eigenvalue weighted by Crippen LogP contribution is -2.09. The number of aromatic nitrogens is 2. The molecule has 0 bridgehead atoms. The van der Waals surface area contributed by atoms with Gasteiger partial charge in [-0.3, -0.25) is 4.79 Å². The number of hydrogen-bond donors (Lipinski definition) is 2. The lowest BCUT2D eigenvalue weighted by atomic mass is 10.2. The molecule has 2 aromatic carbocycles. The Morgan fingerprint density at radius 2 is 2.00 bits per heavy atom. The third kappa shape index (κ3) is 3.16. The summed E-state index contributed by atoms with van der Waals surface area (Å²) >= 11 is 7.58. The number of carbonyl (C=O) groups excluding carboxylic acids is 1. The van der Waals surface area contributed by atoms with E-state index in [1.54, 1.807) is 6.07 Å². The smallest absolute Gasteiger partial charge is 0.265 e. The quantitative estimate of drug-likeness (QED) is 0.502. The molecular formula is C19H14ClN3OS. The van der Waals surface area contributed by atoms with Gasteiger partial charge in [0, 0.05) is 16.3 Å². The molecule has 4 rings (SSSR count). The number of halogens is 1. The fourth-order valence-electron chi connectivity index (χ4n) is 2.59. The summed E-state index contributed by atoms with van der Waals surface area (Å²) < 4.78 is 0. The van der Waals surface area contributed by atoms with E-state index in [0.29, 0.717) is 9.90 Å². The number of benzene rings is 2. The maximum absolute atomic E-state index is 12.1. The van der Waals surface area contributed by atoms with E-state index < -0.39 is 0 Å².